The lowest BCUT2D eigenvalue weighted by atomic mass is 10.3. The van der Waals surface area contributed by atoms with E-state index in [0.29, 0.717) is 22.5 Å². The summed E-state index contributed by atoms with van der Waals surface area (Å²) in [5.41, 5.74) is 6.00. The maximum atomic E-state index is 12.2. The monoisotopic (exact) mass is 359 g/mol. The third kappa shape index (κ3) is 3.17. The number of rotatable bonds is 5. The number of benzene rings is 1. The molecule has 2 aromatic rings. The van der Waals surface area contributed by atoms with E-state index in [0.717, 1.165) is 0 Å². The number of nitrogens with one attached hydrogen (secondary N) is 1. The van der Waals surface area contributed by atoms with Crippen molar-refractivity contribution in [1.29, 1.82) is 0 Å². The van der Waals surface area contributed by atoms with E-state index in [1.807, 2.05) is 6.92 Å². The van der Waals surface area contributed by atoms with Crippen LogP contribution in [0, 0.1) is 0 Å². The third-order valence-electron chi connectivity index (χ3n) is 2.70. The summed E-state index contributed by atoms with van der Waals surface area (Å²) in [6, 6.07) is 4.62. The van der Waals surface area contributed by atoms with Crippen LogP contribution in [0.4, 0.5) is 5.69 Å². The van der Waals surface area contributed by atoms with Crippen LogP contribution in [0.5, 0.6) is 0 Å². The van der Waals surface area contributed by atoms with Crippen molar-refractivity contribution in [3.63, 3.8) is 0 Å². The van der Waals surface area contributed by atoms with Crippen LogP contribution < -0.4 is 10.5 Å². The molecular formula is C11H14BrN5O2S. The first-order chi connectivity index (χ1) is 9.44. The van der Waals surface area contributed by atoms with Gasteiger partial charge in [0.1, 0.15) is 12.2 Å². The predicted octanol–water partition coefficient (Wildman–Crippen LogP) is 1.12. The van der Waals surface area contributed by atoms with E-state index in [-0.39, 0.29) is 11.4 Å². The molecule has 0 aliphatic carbocycles. The van der Waals surface area contributed by atoms with Crippen LogP contribution in [0.15, 0.2) is 33.9 Å². The van der Waals surface area contributed by atoms with Gasteiger partial charge in [-0.3, -0.25) is 0 Å². The first kappa shape index (κ1) is 14.9. The van der Waals surface area contributed by atoms with Gasteiger partial charge in [0.2, 0.25) is 10.0 Å². The Morgan fingerprint density at radius 1 is 1.45 bits per heavy atom. The summed E-state index contributed by atoms with van der Waals surface area (Å²) in [6.45, 7) is 2.67. The summed E-state index contributed by atoms with van der Waals surface area (Å²) in [7, 11) is -3.67. The van der Waals surface area contributed by atoms with E-state index >= 15 is 0 Å². The second-order valence-electron chi connectivity index (χ2n) is 4.05. The second kappa shape index (κ2) is 5.90. The van der Waals surface area contributed by atoms with Gasteiger partial charge < -0.3 is 10.3 Å². The average molecular weight is 360 g/mol. The van der Waals surface area contributed by atoms with Crippen LogP contribution in [-0.4, -0.2) is 23.2 Å². The fraction of sp³-hybridized carbons (Fsp3) is 0.273. The molecule has 3 N–H and O–H groups in total. The Kier molecular flexibility index (Phi) is 4.41. The number of hydrogen-bond donors (Lipinski definition) is 2. The average Bonchev–Trinajstić information content (AvgIpc) is 2.86. The molecule has 1 aromatic carbocycles. The summed E-state index contributed by atoms with van der Waals surface area (Å²) in [5.74, 6) is 0.552. The number of halogens is 1. The molecule has 0 atom stereocenters. The van der Waals surface area contributed by atoms with Gasteiger partial charge in [-0.15, -0.1) is 10.2 Å². The lowest BCUT2D eigenvalue weighted by molar-refractivity contribution is 0.574. The Balaban J connectivity index is 2.21. The number of anilines is 1. The van der Waals surface area contributed by atoms with Crippen molar-refractivity contribution in [2.45, 2.75) is 24.9 Å². The van der Waals surface area contributed by atoms with Crippen LogP contribution in [0.25, 0.3) is 0 Å². The molecular weight excluding hydrogens is 346 g/mol. The standard InChI is InChI=1S/C11H14BrN5O2S/c1-2-17-7-14-16-11(17)6-15-20(18,19)10-5-8(13)3-4-9(10)12/h3-5,7,15H,2,6,13H2,1H3. The number of aryl methyl sites for hydroxylation is 1. The van der Waals surface area contributed by atoms with Crippen molar-refractivity contribution >= 4 is 31.6 Å². The van der Waals surface area contributed by atoms with Gasteiger partial charge in [0.05, 0.1) is 11.4 Å². The Morgan fingerprint density at radius 2 is 2.20 bits per heavy atom. The van der Waals surface area contributed by atoms with Crippen molar-refractivity contribution in [2.75, 3.05) is 5.73 Å². The van der Waals surface area contributed by atoms with Gasteiger partial charge in [0, 0.05) is 16.7 Å². The van der Waals surface area contributed by atoms with E-state index < -0.39 is 10.0 Å². The molecule has 20 heavy (non-hydrogen) atoms. The largest absolute Gasteiger partial charge is 0.399 e. The molecule has 0 unspecified atom stereocenters. The molecule has 0 saturated carbocycles. The van der Waals surface area contributed by atoms with E-state index in [1.54, 1.807) is 23.0 Å². The van der Waals surface area contributed by atoms with Crippen molar-refractivity contribution in [1.82, 2.24) is 19.5 Å². The lowest BCUT2D eigenvalue weighted by Gasteiger charge is -2.09. The summed E-state index contributed by atoms with van der Waals surface area (Å²) in [4.78, 5) is 0.0973. The van der Waals surface area contributed by atoms with Crippen LogP contribution in [0.3, 0.4) is 0 Å². The summed E-state index contributed by atoms with van der Waals surface area (Å²) in [6.07, 6.45) is 1.56. The topological polar surface area (TPSA) is 103 Å². The van der Waals surface area contributed by atoms with Gasteiger partial charge >= 0.3 is 0 Å². The minimum absolute atomic E-state index is 0.0669. The zero-order chi connectivity index (χ0) is 14.8. The lowest BCUT2D eigenvalue weighted by Crippen LogP contribution is -2.25. The number of nitrogen functional groups attached to an aromatic ring is 1. The fourth-order valence-electron chi connectivity index (χ4n) is 1.64. The molecule has 0 spiro atoms. The minimum atomic E-state index is -3.67. The van der Waals surface area contributed by atoms with Gasteiger partial charge in [-0.05, 0) is 41.1 Å². The number of nitrogens with zero attached hydrogens (tertiary/aromatic N) is 3. The van der Waals surface area contributed by atoms with Crippen LogP contribution in [0.1, 0.15) is 12.7 Å². The van der Waals surface area contributed by atoms with Crippen LogP contribution >= 0.6 is 15.9 Å². The first-order valence-electron chi connectivity index (χ1n) is 5.85. The predicted molar refractivity (Wildman–Crippen MR) is 78.3 cm³/mol. The molecule has 7 nitrogen and oxygen atoms in total. The third-order valence-corrected chi connectivity index (χ3v) is 5.10. The van der Waals surface area contributed by atoms with Crippen molar-refractivity contribution < 1.29 is 8.42 Å². The highest BCUT2D eigenvalue weighted by Gasteiger charge is 2.18. The van der Waals surface area contributed by atoms with Crippen LogP contribution in [0.2, 0.25) is 0 Å². The fourth-order valence-corrected chi connectivity index (χ4v) is 3.62. The van der Waals surface area contributed by atoms with Gasteiger partial charge in [-0.2, -0.15) is 0 Å². The summed E-state index contributed by atoms with van der Waals surface area (Å²) in [5, 5.41) is 7.62. The zero-order valence-electron chi connectivity index (χ0n) is 10.7. The van der Waals surface area contributed by atoms with E-state index in [2.05, 4.69) is 30.8 Å². The first-order valence-corrected chi connectivity index (χ1v) is 8.13. The summed E-state index contributed by atoms with van der Waals surface area (Å²) < 4.78 is 29.2. The number of nitrogens with two attached hydrogens (primary N) is 1. The molecule has 0 aliphatic heterocycles. The Hall–Kier alpha value is -1.45. The Bertz CT molecular complexity index is 713. The van der Waals surface area contributed by atoms with Crippen LogP contribution in [-0.2, 0) is 23.1 Å². The minimum Gasteiger partial charge on any atom is -0.399 e. The van der Waals surface area contributed by atoms with Crippen molar-refractivity contribution in [3.05, 3.63) is 34.8 Å². The molecule has 0 aliphatic rings. The highest BCUT2D eigenvalue weighted by molar-refractivity contribution is 9.10. The highest BCUT2D eigenvalue weighted by atomic mass is 79.9. The maximum Gasteiger partial charge on any atom is 0.242 e. The second-order valence-corrected chi connectivity index (χ2v) is 6.64. The maximum absolute atomic E-state index is 12.2. The Morgan fingerprint density at radius 3 is 2.90 bits per heavy atom. The normalized spacial score (nSPS) is 11.7. The molecule has 2 rings (SSSR count). The zero-order valence-corrected chi connectivity index (χ0v) is 13.1. The Labute approximate surface area is 125 Å². The quantitative estimate of drug-likeness (QED) is 0.778. The van der Waals surface area contributed by atoms with Crippen molar-refractivity contribution in [3.8, 4) is 0 Å². The van der Waals surface area contributed by atoms with E-state index in [9.17, 15) is 8.42 Å². The molecule has 0 fully saturated rings. The van der Waals surface area contributed by atoms with Gasteiger partial charge in [0.15, 0.2) is 0 Å². The molecule has 1 aromatic heterocycles. The van der Waals surface area contributed by atoms with E-state index in [4.69, 9.17) is 5.73 Å². The molecule has 0 saturated heterocycles. The highest BCUT2D eigenvalue weighted by Crippen LogP contribution is 2.24. The molecule has 9 heteroatoms. The summed E-state index contributed by atoms with van der Waals surface area (Å²) >= 11 is 3.21. The number of sulfonamides is 1. The number of aromatic nitrogens is 3. The molecule has 0 amide bonds. The van der Waals surface area contributed by atoms with E-state index in [1.165, 1.54) is 6.07 Å². The SMILES string of the molecule is CCn1cnnc1CNS(=O)(=O)c1cc(N)ccc1Br. The molecule has 1 heterocycles. The van der Waals surface area contributed by atoms with Gasteiger partial charge in [0.25, 0.3) is 0 Å². The number of hydrogen-bond acceptors (Lipinski definition) is 5. The van der Waals surface area contributed by atoms with Gasteiger partial charge in [-0.25, -0.2) is 13.1 Å². The smallest absolute Gasteiger partial charge is 0.242 e. The molecule has 0 radical (unpaired) electrons. The molecule has 108 valence electrons. The van der Waals surface area contributed by atoms with Crippen molar-refractivity contribution in [2.24, 2.45) is 0 Å². The molecule has 0 bridgehead atoms. The van der Waals surface area contributed by atoms with Gasteiger partial charge in [-0.1, -0.05) is 0 Å².